The molecule has 4 aromatic rings. The van der Waals surface area contributed by atoms with Crippen molar-refractivity contribution in [3.63, 3.8) is 0 Å². The summed E-state index contributed by atoms with van der Waals surface area (Å²) in [7, 11) is 0. The molecule has 3 heterocycles. The maximum atomic E-state index is 14.0. The molecule has 1 saturated heterocycles. The fourth-order valence-corrected chi connectivity index (χ4v) is 4.45. The van der Waals surface area contributed by atoms with Crippen molar-refractivity contribution < 1.29 is 8.78 Å². The number of nitrogens with zero attached hydrogens (tertiary/aromatic N) is 4. The monoisotopic (exact) mass is 468 g/mol. The van der Waals surface area contributed by atoms with E-state index >= 15 is 0 Å². The first kappa shape index (κ1) is 21.7. The highest BCUT2D eigenvalue weighted by Gasteiger charge is 2.20. The van der Waals surface area contributed by atoms with Gasteiger partial charge < -0.3 is 15.2 Å². The standard InChI is InChI=1S/C24H23ClF2N6/c25-19-12-16(26)7-8-18(19)22-31-21-14-30-24(29-13-15-4-1-2-6-20(15)27)32-23(21)33(22)11-9-17-5-3-10-28-17/h1-2,4,6-8,12,14,17,28H,3,5,9-11,13H2,(H,29,30,32). The van der Waals surface area contributed by atoms with Gasteiger partial charge in [-0.05, 0) is 50.1 Å². The Kier molecular flexibility index (Phi) is 6.20. The normalized spacial score (nSPS) is 15.9. The Morgan fingerprint density at radius 3 is 2.82 bits per heavy atom. The molecule has 1 aliphatic rings. The Morgan fingerprint density at radius 1 is 1.15 bits per heavy atom. The maximum absolute atomic E-state index is 14.0. The van der Waals surface area contributed by atoms with Crippen LogP contribution < -0.4 is 10.6 Å². The molecule has 9 heteroatoms. The summed E-state index contributed by atoms with van der Waals surface area (Å²) in [6.45, 7) is 1.95. The minimum Gasteiger partial charge on any atom is -0.350 e. The van der Waals surface area contributed by atoms with E-state index < -0.39 is 5.82 Å². The van der Waals surface area contributed by atoms with Gasteiger partial charge in [-0.1, -0.05) is 29.8 Å². The number of aryl methyl sites for hydroxylation is 1. The molecule has 5 rings (SSSR count). The zero-order valence-corrected chi connectivity index (χ0v) is 18.6. The Balaban J connectivity index is 1.50. The third-order valence-corrected chi connectivity index (χ3v) is 6.23. The Labute approximate surface area is 195 Å². The van der Waals surface area contributed by atoms with Gasteiger partial charge in [0.15, 0.2) is 5.65 Å². The van der Waals surface area contributed by atoms with Crippen molar-refractivity contribution in [2.24, 2.45) is 0 Å². The summed E-state index contributed by atoms with van der Waals surface area (Å²) >= 11 is 6.36. The fraction of sp³-hybridized carbons (Fsp3) is 0.292. The first-order valence-corrected chi connectivity index (χ1v) is 11.4. The quantitative estimate of drug-likeness (QED) is 0.391. The van der Waals surface area contributed by atoms with Gasteiger partial charge in [0.2, 0.25) is 5.95 Å². The molecule has 1 fully saturated rings. The van der Waals surface area contributed by atoms with Gasteiger partial charge in [0.1, 0.15) is 23.0 Å². The third kappa shape index (κ3) is 4.67. The number of hydrogen-bond acceptors (Lipinski definition) is 5. The van der Waals surface area contributed by atoms with E-state index in [-0.39, 0.29) is 17.4 Å². The van der Waals surface area contributed by atoms with Gasteiger partial charge in [-0.3, -0.25) is 0 Å². The van der Waals surface area contributed by atoms with Crippen LogP contribution in [0.25, 0.3) is 22.6 Å². The second-order valence-corrected chi connectivity index (χ2v) is 8.55. The number of nitrogens with one attached hydrogen (secondary N) is 2. The molecular weight excluding hydrogens is 446 g/mol. The summed E-state index contributed by atoms with van der Waals surface area (Å²) < 4.78 is 29.6. The van der Waals surface area contributed by atoms with Crippen molar-refractivity contribution in [3.05, 3.63) is 70.9 Å². The number of anilines is 1. The van der Waals surface area contributed by atoms with Gasteiger partial charge in [0, 0.05) is 30.3 Å². The minimum atomic E-state index is -0.402. The first-order chi connectivity index (χ1) is 16.1. The van der Waals surface area contributed by atoms with E-state index in [4.69, 9.17) is 16.6 Å². The topological polar surface area (TPSA) is 67.7 Å². The molecule has 1 aliphatic heterocycles. The largest absolute Gasteiger partial charge is 0.350 e. The Morgan fingerprint density at radius 2 is 2.03 bits per heavy atom. The molecule has 33 heavy (non-hydrogen) atoms. The van der Waals surface area contributed by atoms with Crippen LogP contribution in [0.15, 0.2) is 48.7 Å². The first-order valence-electron chi connectivity index (χ1n) is 11.0. The molecule has 2 N–H and O–H groups in total. The predicted molar refractivity (Wildman–Crippen MR) is 125 cm³/mol. The lowest BCUT2D eigenvalue weighted by Gasteiger charge is -2.14. The fourth-order valence-electron chi connectivity index (χ4n) is 4.20. The van der Waals surface area contributed by atoms with E-state index in [0.29, 0.717) is 46.7 Å². The summed E-state index contributed by atoms with van der Waals surface area (Å²) in [5, 5.41) is 6.89. The zero-order chi connectivity index (χ0) is 22.8. The molecular formula is C24H23ClF2N6. The van der Waals surface area contributed by atoms with E-state index in [0.717, 1.165) is 25.8 Å². The van der Waals surface area contributed by atoms with Crippen LogP contribution in [0, 0.1) is 11.6 Å². The molecule has 0 bridgehead atoms. The molecule has 170 valence electrons. The number of benzene rings is 2. The van der Waals surface area contributed by atoms with Gasteiger partial charge >= 0.3 is 0 Å². The lowest BCUT2D eigenvalue weighted by molar-refractivity contribution is 0.511. The molecule has 0 spiro atoms. The number of halogens is 3. The number of aromatic nitrogens is 4. The van der Waals surface area contributed by atoms with Crippen molar-refractivity contribution >= 4 is 28.7 Å². The number of fused-ring (bicyclic) bond motifs is 1. The minimum absolute atomic E-state index is 0.259. The van der Waals surface area contributed by atoms with Crippen LogP contribution in [-0.2, 0) is 13.1 Å². The highest BCUT2D eigenvalue weighted by Crippen LogP contribution is 2.31. The second-order valence-electron chi connectivity index (χ2n) is 8.14. The highest BCUT2D eigenvalue weighted by atomic mass is 35.5. The number of rotatable bonds is 7. The molecule has 0 amide bonds. The van der Waals surface area contributed by atoms with Crippen LogP contribution in [0.4, 0.5) is 14.7 Å². The van der Waals surface area contributed by atoms with Crippen LogP contribution in [0.1, 0.15) is 24.8 Å². The summed E-state index contributed by atoms with van der Waals surface area (Å²) in [4.78, 5) is 13.7. The molecule has 0 radical (unpaired) electrons. The van der Waals surface area contributed by atoms with E-state index in [1.807, 2.05) is 4.57 Å². The summed E-state index contributed by atoms with van der Waals surface area (Å²) in [6.07, 6.45) is 4.83. The molecule has 0 saturated carbocycles. The maximum Gasteiger partial charge on any atom is 0.225 e. The van der Waals surface area contributed by atoms with Crippen molar-refractivity contribution in [1.82, 2.24) is 24.8 Å². The van der Waals surface area contributed by atoms with Gasteiger partial charge in [-0.2, -0.15) is 4.98 Å². The van der Waals surface area contributed by atoms with E-state index in [1.54, 1.807) is 30.5 Å². The van der Waals surface area contributed by atoms with Gasteiger partial charge in [0.05, 0.1) is 11.2 Å². The van der Waals surface area contributed by atoms with E-state index in [2.05, 4.69) is 20.6 Å². The molecule has 6 nitrogen and oxygen atoms in total. The Bertz CT molecular complexity index is 1290. The van der Waals surface area contributed by atoms with Crippen LogP contribution >= 0.6 is 11.6 Å². The van der Waals surface area contributed by atoms with Crippen LogP contribution in [0.5, 0.6) is 0 Å². The molecule has 0 aliphatic carbocycles. The van der Waals surface area contributed by atoms with Gasteiger partial charge in [-0.25, -0.2) is 18.7 Å². The number of hydrogen-bond donors (Lipinski definition) is 2. The van der Waals surface area contributed by atoms with Crippen molar-refractivity contribution in [3.8, 4) is 11.4 Å². The van der Waals surface area contributed by atoms with Gasteiger partial charge in [0.25, 0.3) is 0 Å². The predicted octanol–water partition coefficient (Wildman–Crippen LogP) is 5.18. The second kappa shape index (κ2) is 9.41. The van der Waals surface area contributed by atoms with Crippen molar-refractivity contribution in [2.75, 3.05) is 11.9 Å². The molecule has 2 aromatic carbocycles. The van der Waals surface area contributed by atoms with Crippen LogP contribution in [0.3, 0.4) is 0 Å². The smallest absolute Gasteiger partial charge is 0.225 e. The van der Waals surface area contributed by atoms with Crippen LogP contribution in [-0.4, -0.2) is 32.1 Å². The molecule has 1 unspecified atom stereocenters. The average molecular weight is 469 g/mol. The van der Waals surface area contributed by atoms with Crippen molar-refractivity contribution in [2.45, 2.75) is 38.4 Å². The SMILES string of the molecule is Fc1ccc(-c2nc3cnc(NCc4ccccc4F)nc3n2CCC2CCCN2)c(Cl)c1. The zero-order valence-electron chi connectivity index (χ0n) is 17.9. The van der Waals surface area contributed by atoms with Crippen molar-refractivity contribution in [1.29, 1.82) is 0 Å². The summed E-state index contributed by atoms with van der Waals surface area (Å²) in [5.41, 5.74) is 2.42. The summed E-state index contributed by atoms with van der Waals surface area (Å²) in [6, 6.07) is 11.3. The van der Waals surface area contributed by atoms with Crippen LogP contribution in [0.2, 0.25) is 5.02 Å². The Hall–Kier alpha value is -3.10. The van der Waals surface area contributed by atoms with Gasteiger partial charge in [-0.15, -0.1) is 0 Å². The lowest BCUT2D eigenvalue weighted by atomic mass is 10.1. The van der Waals surface area contributed by atoms with E-state index in [1.165, 1.54) is 18.2 Å². The summed E-state index contributed by atoms with van der Waals surface area (Å²) in [5.74, 6) is 0.311. The average Bonchev–Trinajstić information content (AvgIpc) is 3.45. The lowest BCUT2D eigenvalue weighted by Crippen LogP contribution is -2.23. The van der Waals surface area contributed by atoms with E-state index in [9.17, 15) is 8.78 Å². The highest BCUT2D eigenvalue weighted by molar-refractivity contribution is 6.33. The number of imidazole rings is 1. The molecule has 1 atom stereocenters. The third-order valence-electron chi connectivity index (χ3n) is 5.92. The molecule has 2 aromatic heterocycles.